The standard InChI is InChI=1S/C15H23F3N2S/c1-4-9-20(11(2)3)14(10-19)12-5-7-13(8-6-12)21-15(16,17)18/h5-8,11,14H,4,9-10,19H2,1-3H3. The molecule has 0 saturated heterocycles. The van der Waals surface area contributed by atoms with Crippen LogP contribution in [-0.2, 0) is 0 Å². The van der Waals surface area contributed by atoms with Crippen molar-refractivity contribution in [1.29, 1.82) is 0 Å². The largest absolute Gasteiger partial charge is 0.446 e. The lowest BCUT2D eigenvalue weighted by molar-refractivity contribution is -0.0328. The fourth-order valence-corrected chi connectivity index (χ4v) is 2.93. The number of nitrogens with two attached hydrogens (primary N) is 1. The normalized spacial score (nSPS) is 14.0. The number of benzene rings is 1. The van der Waals surface area contributed by atoms with Gasteiger partial charge in [0.15, 0.2) is 0 Å². The number of thioether (sulfide) groups is 1. The van der Waals surface area contributed by atoms with Crippen molar-refractivity contribution in [3.05, 3.63) is 29.8 Å². The van der Waals surface area contributed by atoms with Gasteiger partial charge in [0.25, 0.3) is 0 Å². The number of alkyl halides is 3. The van der Waals surface area contributed by atoms with E-state index >= 15 is 0 Å². The minimum Gasteiger partial charge on any atom is -0.329 e. The Morgan fingerprint density at radius 1 is 1.19 bits per heavy atom. The van der Waals surface area contributed by atoms with Gasteiger partial charge in [-0.05, 0) is 56.3 Å². The molecule has 2 nitrogen and oxygen atoms in total. The smallest absolute Gasteiger partial charge is 0.329 e. The van der Waals surface area contributed by atoms with Gasteiger partial charge in [0.2, 0.25) is 0 Å². The second-order valence-electron chi connectivity index (χ2n) is 5.20. The zero-order chi connectivity index (χ0) is 16.0. The summed E-state index contributed by atoms with van der Waals surface area (Å²) in [5.74, 6) is 0. The van der Waals surface area contributed by atoms with Crippen LogP contribution < -0.4 is 5.73 Å². The summed E-state index contributed by atoms with van der Waals surface area (Å²) in [5.41, 5.74) is 2.60. The molecular weight excluding hydrogens is 297 g/mol. The summed E-state index contributed by atoms with van der Waals surface area (Å²) in [6, 6.07) is 6.90. The Labute approximate surface area is 128 Å². The molecule has 0 aliphatic carbocycles. The molecule has 21 heavy (non-hydrogen) atoms. The highest BCUT2D eigenvalue weighted by atomic mass is 32.2. The average Bonchev–Trinajstić information content (AvgIpc) is 2.38. The third kappa shape index (κ3) is 5.88. The zero-order valence-electron chi connectivity index (χ0n) is 12.7. The fraction of sp³-hybridized carbons (Fsp3) is 0.600. The summed E-state index contributed by atoms with van der Waals surface area (Å²) in [6.45, 7) is 7.67. The quantitative estimate of drug-likeness (QED) is 0.754. The zero-order valence-corrected chi connectivity index (χ0v) is 13.5. The van der Waals surface area contributed by atoms with Gasteiger partial charge in [-0.15, -0.1) is 0 Å². The van der Waals surface area contributed by atoms with E-state index in [2.05, 4.69) is 25.7 Å². The van der Waals surface area contributed by atoms with E-state index in [9.17, 15) is 13.2 Å². The van der Waals surface area contributed by atoms with Crippen LogP contribution in [0, 0.1) is 0 Å². The summed E-state index contributed by atoms with van der Waals surface area (Å²) in [4.78, 5) is 2.49. The molecule has 6 heteroatoms. The first-order valence-electron chi connectivity index (χ1n) is 7.10. The van der Waals surface area contributed by atoms with Crippen LogP contribution in [0.2, 0.25) is 0 Å². The lowest BCUT2D eigenvalue weighted by atomic mass is 10.0. The molecule has 0 bridgehead atoms. The molecule has 0 aromatic heterocycles. The number of rotatable bonds is 7. The van der Waals surface area contributed by atoms with E-state index in [1.807, 2.05) is 0 Å². The molecular formula is C15H23F3N2S. The molecule has 0 aliphatic rings. The van der Waals surface area contributed by atoms with E-state index in [0.29, 0.717) is 12.6 Å². The topological polar surface area (TPSA) is 29.3 Å². The van der Waals surface area contributed by atoms with Gasteiger partial charge in [-0.25, -0.2) is 0 Å². The van der Waals surface area contributed by atoms with Gasteiger partial charge in [0, 0.05) is 23.5 Å². The Bertz CT molecular complexity index is 418. The molecule has 1 aromatic carbocycles. The first kappa shape index (κ1) is 18.3. The highest BCUT2D eigenvalue weighted by Gasteiger charge is 2.29. The SMILES string of the molecule is CCCN(C(C)C)C(CN)c1ccc(SC(F)(F)F)cc1. The van der Waals surface area contributed by atoms with Gasteiger partial charge in [0.1, 0.15) is 0 Å². The summed E-state index contributed by atoms with van der Waals surface area (Å²) < 4.78 is 37.0. The van der Waals surface area contributed by atoms with Gasteiger partial charge in [-0.3, -0.25) is 4.90 Å². The Balaban J connectivity index is 2.90. The van der Waals surface area contributed by atoms with Gasteiger partial charge >= 0.3 is 5.51 Å². The lowest BCUT2D eigenvalue weighted by Crippen LogP contribution is -2.39. The molecule has 1 atom stereocenters. The third-order valence-corrected chi connectivity index (χ3v) is 4.01. The first-order valence-corrected chi connectivity index (χ1v) is 7.91. The van der Waals surface area contributed by atoms with Crippen LogP contribution in [0.5, 0.6) is 0 Å². The molecule has 1 aromatic rings. The first-order chi connectivity index (χ1) is 9.78. The summed E-state index contributed by atoms with van der Waals surface area (Å²) >= 11 is -0.0911. The molecule has 0 heterocycles. The Morgan fingerprint density at radius 3 is 2.14 bits per heavy atom. The fourth-order valence-electron chi connectivity index (χ4n) is 2.39. The highest BCUT2D eigenvalue weighted by molar-refractivity contribution is 8.00. The molecule has 120 valence electrons. The Kier molecular flexibility index (Phi) is 7.03. The predicted octanol–water partition coefficient (Wildman–Crippen LogP) is 4.42. The average molecular weight is 320 g/mol. The Hall–Kier alpha value is -0.720. The molecule has 0 spiro atoms. The van der Waals surface area contributed by atoms with Crippen LogP contribution in [0.15, 0.2) is 29.2 Å². The van der Waals surface area contributed by atoms with Crippen molar-refractivity contribution >= 4 is 11.8 Å². The molecule has 2 N–H and O–H groups in total. The van der Waals surface area contributed by atoms with Crippen molar-refractivity contribution < 1.29 is 13.2 Å². The van der Waals surface area contributed by atoms with Crippen LogP contribution in [0.4, 0.5) is 13.2 Å². The van der Waals surface area contributed by atoms with E-state index in [-0.39, 0.29) is 22.7 Å². The second kappa shape index (κ2) is 8.06. The summed E-state index contributed by atoms with van der Waals surface area (Å²) in [5, 5.41) is 0. The summed E-state index contributed by atoms with van der Waals surface area (Å²) in [6.07, 6.45) is 1.01. The van der Waals surface area contributed by atoms with E-state index in [0.717, 1.165) is 18.5 Å². The van der Waals surface area contributed by atoms with Gasteiger partial charge in [-0.2, -0.15) is 13.2 Å². The molecule has 0 aliphatic heterocycles. The van der Waals surface area contributed by atoms with Gasteiger partial charge in [-0.1, -0.05) is 19.1 Å². The second-order valence-corrected chi connectivity index (χ2v) is 6.34. The minimum atomic E-state index is -4.25. The van der Waals surface area contributed by atoms with Gasteiger partial charge < -0.3 is 5.73 Å². The number of hydrogen-bond donors (Lipinski definition) is 1. The van der Waals surface area contributed by atoms with Crippen LogP contribution in [0.25, 0.3) is 0 Å². The number of hydrogen-bond acceptors (Lipinski definition) is 3. The minimum absolute atomic E-state index is 0.0369. The molecule has 0 fully saturated rings. The maximum atomic E-state index is 12.3. The molecule has 1 rings (SSSR count). The summed E-state index contributed by atoms with van der Waals surface area (Å²) in [7, 11) is 0. The van der Waals surface area contributed by atoms with E-state index in [1.165, 1.54) is 12.1 Å². The lowest BCUT2D eigenvalue weighted by Gasteiger charge is -2.34. The van der Waals surface area contributed by atoms with Crippen LogP contribution in [0.3, 0.4) is 0 Å². The van der Waals surface area contributed by atoms with Crippen LogP contribution >= 0.6 is 11.8 Å². The number of nitrogens with zero attached hydrogens (tertiary/aromatic N) is 1. The highest BCUT2D eigenvalue weighted by Crippen LogP contribution is 2.37. The molecule has 0 amide bonds. The van der Waals surface area contributed by atoms with E-state index < -0.39 is 5.51 Å². The number of halogens is 3. The van der Waals surface area contributed by atoms with Crippen molar-refractivity contribution in [3.8, 4) is 0 Å². The molecule has 1 unspecified atom stereocenters. The van der Waals surface area contributed by atoms with Gasteiger partial charge in [0.05, 0.1) is 0 Å². The maximum absolute atomic E-state index is 12.3. The maximum Gasteiger partial charge on any atom is 0.446 e. The third-order valence-electron chi connectivity index (χ3n) is 3.27. The van der Waals surface area contributed by atoms with E-state index in [4.69, 9.17) is 5.73 Å². The Morgan fingerprint density at radius 2 is 1.76 bits per heavy atom. The van der Waals surface area contributed by atoms with Crippen molar-refractivity contribution in [3.63, 3.8) is 0 Å². The van der Waals surface area contributed by atoms with Crippen LogP contribution in [0.1, 0.15) is 38.8 Å². The monoisotopic (exact) mass is 320 g/mol. The van der Waals surface area contributed by atoms with E-state index in [1.54, 1.807) is 12.1 Å². The van der Waals surface area contributed by atoms with Crippen LogP contribution in [-0.4, -0.2) is 29.5 Å². The van der Waals surface area contributed by atoms with Crippen molar-refractivity contribution in [1.82, 2.24) is 4.90 Å². The predicted molar refractivity (Wildman–Crippen MR) is 82.3 cm³/mol. The molecule has 0 saturated carbocycles. The molecule has 0 radical (unpaired) electrons. The van der Waals surface area contributed by atoms with Crippen molar-refractivity contribution in [2.45, 2.75) is 49.7 Å². The van der Waals surface area contributed by atoms with Crippen molar-refractivity contribution in [2.75, 3.05) is 13.1 Å². The van der Waals surface area contributed by atoms with Crippen molar-refractivity contribution in [2.24, 2.45) is 5.73 Å².